The second-order valence-electron chi connectivity index (χ2n) is 5.48. The molecule has 2 aromatic rings. The molecule has 0 unspecified atom stereocenters. The molecule has 0 bridgehead atoms. The van der Waals surface area contributed by atoms with Crippen LogP contribution in [0.25, 0.3) is 0 Å². The van der Waals surface area contributed by atoms with Crippen molar-refractivity contribution in [1.82, 2.24) is 25.4 Å². The molecule has 0 saturated carbocycles. The van der Waals surface area contributed by atoms with Crippen molar-refractivity contribution < 1.29 is 9.53 Å². The Bertz CT molecular complexity index is 698. The normalized spacial score (nSPS) is 16.0. The first-order chi connectivity index (χ1) is 11.2. The van der Waals surface area contributed by atoms with Crippen molar-refractivity contribution in [2.75, 3.05) is 6.61 Å². The van der Waals surface area contributed by atoms with E-state index in [-0.39, 0.29) is 12.1 Å². The zero-order chi connectivity index (χ0) is 16.2. The average Bonchev–Trinajstić information content (AvgIpc) is 3.13. The molecule has 0 spiro atoms. The number of nitrogens with zero attached hydrogens (tertiary/aromatic N) is 3. The second-order valence-corrected chi connectivity index (χ2v) is 5.48. The largest absolute Gasteiger partial charge is 0.494 e. The van der Waals surface area contributed by atoms with Gasteiger partial charge in [0.2, 0.25) is 0 Å². The number of hydrogen-bond acceptors (Lipinski definition) is 4. The summed E-state index contributed by atoms with van der Waals surface area (Å²) in [7, 11) is 1.80. The third-order valence-electron chi connectivity index (χ3n) is 4.05. The number of carbonyl (C=O) groups excluding carboxylic acids is 1. The van der Waals surface area contributed by atoms with Crippen LogP contribution < -0.4 is 15.4 Å². The maximum atomic E-state index is 12.1. The molecule has 1 heterocycles. The second kappa shape index (κ2) is 6.68. The highest BCUT2D eigenvalue weighted by Crippen LogP contribution is 2.36. The SMILES string of the molecule is CCOc1cccc2c1CC[C@@H]2NC(=O)NCc1ncnn1C. The van der Waals surface area contributed by atoms with Crippen LogP contribution in [0.3, 0.4) is 0 Å². The Kier molecular flexibility index (Phi) is 4.45. The number of benzene rings is 1. The Morgan fingerprint density at radius 3 is 3.09 bits per heavy atom. The van der Waals surface area contributed by atoms with Gasteiger partial charge in [-0.15, -0.1) is 0 Å². The van der Waals surface area contributed by atoms with Gasteiger partial charge in [0.1, 0.15) is 17.9 Å². The molecule has 0 saturated heterocycles. The van der Waals surface area contributed by atoms with E-state index in [0.29, 0.717) is 19.0 Å². The molecule has 1 aliphatic carbocycles. The maximum Gasteiger partial charge on any atom is 0.315 e. The van der Waals surface area contributed by atoms with Crippen LogP contribution in [0.5, 0.6) is 5.75 Å². The first-order valence-corrected chi connectivity index (χ1v) is 7.81. The summed E-state index contributed by atoms with van der Waals surface area (Å²) < 4.78 is 7.30. The highest BCUT2D eigenvalue weighted by molar-refractivity contribution is 5.74. The number of rotatable bonds is 5. The number of aromatic nitrogens is 3. The van der Waals surface area contributed by atoms with E-state index in [1.165, 1.54) is 11.9 Å². The van der Waals surface area contributed by atoms with Crippen LogP contribution >= 0.6 is 0 Å². The van der Waals surface area contributed by atoms with Crippen molar-refractivity contribution in [3.05, 3.63) is 41.5 Å². The average molecular weight is 315 g/mol. The predicted octanol–water partition coefficient (Wildman–Crippen LogP) is 1.70. The molecular weight excluding hydrogens is 294 g/mol. The maximum absolute atomic E-state index is 12.1. The monoisotopic (exact) mass is 315 g/mol. The van der Waals surface area contributed by atoms with Crippen molar-refractivity contribution in [2.24, 2.45) is 7.05 Å². The Morgan fingerprint density at radius 1 is 1.48 bits per heavy atom. The van der Waals surface area contributed by atoms with Crippen LogP contribution in [-0.4, -0.2) is 27.4 Å². The first kappa shape index (κ1) is 15.3. The molecule has 0 fully saturated rings. The van der Waals surface area contributed by atoms with Crippen LogP contribution in [0, 0.1) is 0 Å². The molecule has 7 nitrogen and oxygen atoms in total. The minimum Gasteiger partial charge on any atom is -0.494 e. The summed E-state index contributed by atoms with van der Waals surface area (Å²) in [5.41, 5.74) is 2.35. The smallest absolute Gasteiger partial charge is 0.315 e. The molecule has 7 heteroatoms. The minimum absolute atomic E-state index is 0.0184. The van der Waals surface area contributed by atoms with Gasteiger partial charge in [-0.25, -0.2) is 9.78 Å². The lowest BCUT2D eigenvalue weighted by molar-refractivity contribution is 0.236. The van der Waals surface area contributed by atoms with E-state index in [2.05, 4.69) is 26.8 Å². The van der Waals surface area contributed by atoms with E-state index in [1.807, 2.05) is 19.1 Å². The molecule has 122 valence electrons. The summed E-state index contributed by atoms with van der Waals surface area (Å²) in [5, 5.41) is 9.82. The lowest BCUT2D eigenvalue weighted by atomic mass is 10.1. The fourth-order valence-electron chi connectivity index (χ4n) is 2.91. The van der Waals surface area contributed by atoms with Gasteiger partial charge in [-0.1, -0.05) is 12.1 Å². The van der Waals surface area contributed by atoms with E-state index >= 15 is 0 Å². The molecule has 0 aliphatic heterocycles. The van der Waals surface area contributed by atoms with E-state index in [1.54, 1.807) is 11.7 Å². The van der Waals surface area contributed by atoms with Crippen molar-refractivity contribution in [3.63, 3.8) is 0 Å². The summed E-state index contributed by atoms with van der Waals surface area (Å²) in [6, 6.07) is 5.83. The van der Waals surface area contributed by atoms with Crippen LogP contribution in [0.4, 0.5) is 4.79 Å². The summed E-state index contributed by atoms with van der Waals surface area (Å²) >= 11 is 0. The third-order valence-corrected chi connectivity index (χ3v) is 4.05. The number of fused-ring (bicyclic) bond motifs is 1. The van der Waals surface area contributed by atoms with Crippen molar-refractivity contribution in [3.8, 4) is 5.75 Å². The number of aryl methyl sites for hydroxylation is 1. The number of hydrogen-bond donors (Lipinski definition) is 2. The highest BCUT2D eigenvalue weighted by Gasteiger charge is 2.26. The molecule has 2 N–H and O–H groups in total. The van der Waals surface area contributed by atoms with Crippen molar-refractivity contribution >= 4 is 6.03 Å². The number of urea groups is 1. The van der Waals surface area contributed by atoms with Crippen molar-refractivity contribution in [2.45, 2.75) is 32.4 Å². The van der Waals surface area contributed by atoms with Crippen LogP contribution in [0.1, 0.15) is 36.3 Å². The molecular formula is C16H21N5O2. The van der Waals surface area contributed by atoms with E-state index in [4.69, 9.17) is 4.74 Å². The summed E-state index contributed by atoms with van der Waals surface area (Å²) in [6.07, 6.45) is 3.27. The summed E-state index contributed by atoms with van der Waals surface area (Å²) in [6.45, 7) is 2.97. The standard InChI is InChI=1S/C16H21N5O2/c1-3-23-14-6-4-5-11-12(14)7-8-13(11)20-16(22)17-9-15-18-10-19-21(15)2/h4-6,10,13H,3,7-9H2,1-2H3,(H2,17,20,22)/t13-/m0/s1. The number of amides is 2. The number of nitrogens with one attached hydrogen (secondary N) is 2. The number of carbonyl (C=O) groups is 1. The van der Waals surface area contributed by atoms with E-state index < -0.39 is 0 Å². The topological polar surface area (TPSA) is 81.1 Å². The summed E-state index contributed by atoms with van der Waals surface area (Å²) in [5.74, 6) is 1.64. The van der Waals surface area contributed by atoms with Gasteiger partial charge in [0.25, 0.3) is 0 Å². The third kappa shape index (κ3) is 3.28. The lowest BCUT2D eigenvalue weighted by Gasteiger charge is -2.15. The van der Waals surface area contributed by atoms with Crippen molar-refractivity contribution in [1.29, 1.82) is 0 Å². The van der Waals surface area contributed by atoms with Crippen LogP contribution in [-0.2, 0) is 20.0 Å². The van der Waals surface area contributed by atoms with Gasteiger partial charge in [-0.3, -0.25) is 4.68 Å². The fraction of sp³-hybridized carbons (Fsp3) is 0.438. The Morgan fingerprint density at radius 2 is 2.35 bits per heavy atom. The first-order valence-electron chi connectivity index (χ1n) is 7.81. The van der Waals surface area contributed by atoms with E-state index in [9.17, 15) is 4.79 Å². The van der Waals surface area contributed by atoms with Gasteiger partial charge in [-0.05, 0) is 37.0 Å². The minimum atomic E-state index is -0.201. The van der Waals surface area contributed by atoms with E-state index in [0.717, 1.165) is 24.2 Å². The summed E-state index contributed by atoms with van der Waals surface area (Å²) in [4.78, 5) is 16.2. The molecule has 23 heavy (non-hydrogen) atoms. The quantitative estimate of drug-likeness (QED) is 0.880. The van der Waals surface area contributed by atoms with Crippen LogP contribution in [0.2, 0.25) is 0 Å². The zero-order valence-electron chi connectivity index (χ0n) is 13.4. The van der Waals surface area contributed by atoms with Gasteiger partial charge >= 0.3 is 6.03 Å². The molecule has 2 amide bonds. The van der Waals surface area contributed by atoms with Gasteiger partial charge in [-0.2, -0.15) is 5.10 Å². The molecule has 1 atom stereocenters. The molecule has 1 aromatic heterocycles. The van der Waals surface area contributed by atoms with Gasteiger partial charge in [0.15, 0.2) is 0 Å². The van der Waals surface area contributed by atoms with Crippen LogP contribution in [0.15, 0.2) is 24.5 Å². The Balaban J connectivity index is 1.61. The predicted molar refractivity (Wildman–Crippen MR) is 85.0 cm³/mol. The Labute approximate surface area is 135 Å². The van der Waals surface area contributed by atoms with Gasteiger partial charge in [0.05, 0.1) is 19.2 Å². The highest BCUT2D eigenvalue weighted by atomic mass is 16.5. The zero-order valence-corrected chi connectivity index (χ0v) is 13.4. The van der Waals surface area contributed by atoms with Gasteiger partial charge in [0, 0.05) is 7.05 Å². The number of ether oxygens (including phenoxy) is 1. The Hall–Kier alpha value is -2.57. The lowest BCUT2D eigenvalue weighted by Crippen LogP contribution is -2.37. The molecule has 0 radical (unpaired) electrons. The molecule has 1 aromatic carbocycles. The van der Waals surface area contributed by atoms with Gasteiger partial charge < -0.3 is 15.4 Å². The molecule has 3 rings (SSSR count). The molecule has 1 aliphatic rings. The fourth-order valence-corrected chi connectivity index (χ4v) is 2.91.